The number of H-pyrrole nitrogens is 1. The molecule has 3 heterocycles. The maximum Gasteiger partial charge on any atom is 0.294 e. The molecule has 0 aliphatic heterocycles. The monoisotopic (exact) mass is 333 g/mol. The van der Waals surface area contributed by atoms with E-state index in [0.717, 1.165) is 22.2 Å². The highest BCUT2D eigenvalue weighted by atomic mass is 16.5. The van der Waals surface area contributed by atoms with Gasteiger partial charge in [0.05, 0.1) is 18.0 Å². The van der Waals surface area contributed by atoms with Gasteiger partial charge in [0, 0.05) is 22.2 Å². The summed E-state index contributed by atoms with van der Waals surface area (Å²) in [5.41, 5.74) is 3.46. The van der Waals surface area contributed by atoms with Gasteiger partial charge < -0.3 is 14.3 Å². The number of hydrogen-bond donors (Lipinski definition) is 2. The first-order chi connectivity index (χ1) is 12.2. The maximum absolute atomic E-state index is 12.4. The summed E-state index contributed by atoms with van der Waals surface area (Å²) >= 11 is 0. The molecule has 4 aromatic rings. The van der Waals surface area contributed by atoms with Crippen molar-refractivity contribution in [2.45, 2.75) is 6.92 Å². The molecule has 0 unspecified atom stereocenters. The molecule has 0 bridgehead atoms. The zero-order chi connectivity index (χ0) is 17.4. The Morgan fingerprint density at radius 2 is 2.24 bits per heavy atom. The van der Waals surface area contributed by atoms with E-state index >= 15 is 0 Å². The molecule has 0 aliphatic carbocycles. The number of carbonyl (C=O) groups is 1. The van der Waals surface area contributed by atoms with E-state index in [-0.39, 0.29) is 11.5 Å². The molecule has 0 atom stereocenters. The summed E-state index contributed by atoms with van der Waals surface area (Å²) in [6.45, 7) is 1.61. The number of benzene rings is 1. The van der Waals surface area contributed by atoms with Crippen molar-refractivity contribution in [3.05, 3.63) is 53.8 Å². The van der Waals surface area contributed by atoms with Gasteiger partial charge in [0.2, 0.25) is 5.76 Å². The zero-order valence-electron chi connectivity index (χ0n) is 13.0. The average molecular weight is 333 g/mol. The van der Waals surface area contributed by atoms with Gasteiger partial charge in [-0.1, -0.05) is 5.16 Å². The molecule has 122 valence electrons. The summed E-state index contributed by atoms with van der Waals surface area (Å²) in [5.74, 6) is -0.460. The number of carbonyl (C=O) groups excluding carboxylic acids is 1. The highest BCUT2D eigenvalue weighted by molar-refractivity contribution is 6.05. The second-order valence-corrected chi connectivity index (χ2v) is 5.40. The topological polar surface area (TPSA) is 121 Å². The van der Waals surface area contributed by atoms with Crippen LogP contribution in [0.5, 0.6) is 0 Å². The predicted molar refractivity (Wildman–Crippen MR) is 87.7 cm³/mol. The quantitative estimate of drug-likeness (QED) is 0.593. The molecule has 3 aromatic heterocycles. The minimum Gasteiger partial charge on any atom is -0.472 e. The van der Waals surface area contributed by atoms with Crippen molar-refractivity contribution in [1.29, 1.82) is 5.26 Å². The van der Waals surface area contributed by atoms with Crippen molar-refractivity contribution in [3.63, 3.8) is 0 Å². The summed E-state index contributed by atoms with van der Waals surface area (Å²) in [5, 5.41) is 23.3. The molecule has 25 heavy (non-hydrogen) atoms. The Balaban J connectivity index is 1.68. The molecule has 1 amide bonds. The standard InChI is InChI=1S/C17H11N5O3/c1-9-14(7-18)22-25-16(9)17(23)19-11-2-3-13-12(6-11)15(21-20-13)10-4-5-24-8-10/h2-6,8H,1H3,(H,19,23)(H,20,21). The maximum atomic E-state index is 12.4. The van der Waals surface area contributed by atoms with E-state index in [1.54, 1.807) is 31.6 Å². The fourth-order valence-corrected chi connectivity index (χ4v) is 2.55. The van der Waals surface area contributed by atoms with Gasteiger partial charge in [-0.2, -0.15) is 10.4 Å². The lowest BCUT2D eigenvalue weighted by molar-refractivity contribution is 0.0987. The summed E-state index contributed by atoms with van der Waals surface area (Å²) in [7, 11) is 0. The molecule has 0 spiro atoms. The van der Waals surface area contributed by atoms with E-state index < -0.39 is 5.91 Å². The van der Waals surface area contributed by atoms with E-state index in [0.29, 0.717) is 11.3 Å². The lowest BCUT2D eigenvalue weighted by Crippen LogP contribution is -2.12. The Hall–Kier alpha value is -3.86. The van der Waals surface area contributed by atoms with E-state index in [1.807, 2.05) is 18.2 Å². The number of hydrogen-bond acceptors (Lipinski definition) is 6. The van der Waals surface area contributed by atoms with Crippen LogP contribution in [0.2, 0.25) is 0 Å². The first-order valence-corrected chi connectivity index (χ1v) is 7.36. The molecule has 0 radical (unpaired) electrons. The van der Waals surface area contributed by atoms with Gasteiger partial charge in [-0.25, -0.2) is 0 Å². The number of aromatic amines is 1. The van der Waals surface area contributed by atoms with Crippen LogP contribution in [-0.2, 0) is 0 Å². The van der Waals surface area contributed by atoms with Crippen molar-refractivity contribution in [3.8, 4) is 17.3 Å². The Morgan fingerprint density at radius 3 is 2.96 bits per heavy atom. The van der Waals surface area contributed by atoms with E-state index in [9.17, 15) is 4.79 Å². The number of nitrogens with one attached hydrogen (secondary N) is 2. The molecule has 0 saturated carbocycles. The molecule has 0 saturated heterocycles. The van der Waals surface area contributed by atoms with Crippen LogP contribution in [0.1, 0.15) is 21.8 Å². The number of anilines is 1. The lowest BCUT2D eigenvalue weighted by Gasteiger charge is -2.04. The molecular formula is C17H11N5O3. The minimum atomic E-state index is -0.473. The van der Waals surface area contributed by atoms with Gasteiger partial charge in [0.15, 0.2) is 5.69 Å². The molecule has 2 N–H and O–H groups in total. The van der Waals surface area contributed by atoms with Crippen molar-refractivity contribution in [2.75, 3.05) is 5.32 Å². The number of rotatable bonds is 3. The second-order valence-electron chi connectivity index (χ2n) is 5.40. The number of nitrogens with zero attached hydrogens (tertiary/aromatic N) is 3. The average Bonchev–Trinajstić information content (AvgIpc) is 3.33. The summed E-state index contributed by atoms with van der Waals surface area (Å²) in [4.78, 5) is 12.4. The smallest absolute Gasteiger partial charge is 0.294 e. The van der Waals surface area contributed by atoms with Crippen LogP contribution in [0.3, 0.4) is 0 Å². The first kappa shape index (κ1) is 14.7. The molecule has 1 aromatic carbocycles. The van der Waals surface area contributed by atoms with Crippen LogP contribution < -0.4 is 5.32 Å². The van der Waals surface area contributed by atoms with Gasteiger partial charge in [-0.05, 0) is 31.2 Å². The third-order valence-corrected chi connectivity index (χ3v) is 3.85. The van der Waals surface area contributed by atoms with Crippen LogP contribution >= 0.6 is 0 Å². The molecular weight excluding hydrogens is 322 g/mol. The molecule has 4 rings (SSSR count). The van der Waals surface area contributed by atoms with E-state index in [2.05, 4.69) is 20.7 Å². The fraction of sp³-hybridized carbons (Fsp3) is 0.0588. The van der Waals surface area contributed by atoms with Gasteiger partial charge in [-0.3, -0.25) is 9.89 Å². The highest BCUT2D eigenvalue weighted by Crippen LogP contribution is 2.29. The molecule has 0 aliphatic rings. The number of nitriles is 1. The van der Waals surface area contributed by atoms with Crippen molar-refractivity contribution in [2.24, 2.45) is 0 Å². The summed E-state index contributed by atoms with van der Waals surface area (Å²) in [6, 6.07) is 9.04. The van der Waals surface area contributed by atoms with Gasteiger partial charge in [0.1, 0.15) is 11.8 Å². The normalized spacial score (nSPS) is 10.7. The molecule has 8 heteroatoms. The fourth-order valence-electron chi connectivity index (χ4n) is 2.55. The third-order valence-electron chi connectivity index (χ3n) is 3.85. The van der Waals surface area contributed by atoms with Crippen molar-refractivity contribution >= 4 is 22.5 Å². The SMILES string of the molecule is Cc1c(C#N)noc1C(=O)Nc1ccc2[nH]nc(-c3ccoc3)c2c1. The van der Waals surface area contributed by atoms with Crippen LogP contribution in [0.15, 0.2) is 45.7 Å². The number of fused-ring (bicyclic) bond motifs is 1. The minimum absolute atomic E-state index is 0.0129. The van der Waals surface area contributed by atoms with E-state index in [1.165, 1.54) is 0 Å². The van der Waals surface area contributed by atoms with Gasteiger partial charge in [0.25, 0.3) is 5.91 Å². The Bertz CT molecular complexity index is 1120. The van der Waals surface area contributed by atoms with Crippen LogP contribution in [-0.4, -0.2) is 21.3 Å². The predicted octanol–water partition coefficient (Wildman–Crippen LogP) is 3.24. The second kappa shape index (κ2) is 5.65. The number of furan rings is 1. The van der Waals surface area contributed by atoms with Crippen LogP contribution in [0, 0.1) is 18.3 Å². The van der Waals surface area contributed by atoms with Crippen LogP contribution in [0.25, 0.3) is 22.2 Å². The van der Waals surface area contributed by atoms with Crippen molar-refractivity contribution in [1.82, 2.24) is 15.4 Å². The third kappa shape index (κ3) is 2.44. The summed E-state index contributed by atoms with van der Waals surface area (Å²) < 4.78 is 10.1. The highest BCUT2D eigenvalue weighted by Gasteiger charge is 2.19. The summed E-state index contributed by atoms with van der Waals surface area (Å²) in [6.07, 6.45) is 3.17. The molecule has 8 nitrogen and oxygen atoms in total. The lowest BCUT2D eigenvalue weighted by atomic mass is 10.1. The van der Waals surface area contributed by atoms with Gasteiger partial charge in [-0.15, -0.1) is 0 Å². The Kier molecular flexibility index (Phi) is 3.32. The van der Waals surface area contributed by atoms with Gasteiger partial charge >= 0.3 is 0 Å². The number of amides is 1. The van der Waals surface area contributed by atoms with E-state index in [4.69, 9.17) is 14.2 Å². The first-order valence-electron chi connectivity index (χ1n) is 7.36. The Morgan fingerprint density at radius 1 is 1.36 bits per heavy atom. The van der Waals surface area contributed by atoms with Crippen molar-refractivity contribution < 1.29 is 13.7 Å². The van der Waals surface area contributed by atoms with Crippen LogP contribution in [0.4, 0.5) is 5.69 Å². The Labute approximate surface area is 141 Å². The molecule has 0 fully saturated rings. The number of aromatic nitrogens is 3. The zero-order valence-corrected chi connectivity index (χ0v) is 13.0. The largest absolute Gasteiger partial charge is 0.472 e.